The Bertz CT molecular complexity index is 501. The molecule has 0 aliphatic carbocycles. The highest BCUT2D eigenvalue weighted by molar-refractivity contribution is 5.87. The van der Waals surface area contributed by atoms with Crippen molar-refractivity contribution in [2.24, 2.45) is 0 Å². The van der Waals surface area contributed by atoms with Gasteiger partial charge in [-0.15, -0.1) is 0 Å². The second kappa shape index (κ2) is 5.13. The molecule has 5 nitrogen and oxygen atoms in total. The van der Waals surface area contributed by atoms with E-state index in [2.05, 4.69) is 14.9 Å². The highest BCUT2D eigenvalue weighted by Crippen LogP contribution is 2.38. The number of aromatic nitrogens is 2. The third kappa shape index (κ3) is 2.20. The molecule has 3 rings (SSSR count). The molecule has 2 fully saturated rings. The first-order valence-electron chi connectivity index (χ1n) is 7.40. The number of carbonyl (C=O) groups is 1. The second-order valence-corrected chi connectivity index (χ2v) is 6.03. The maximum Gasteiger partial charge on any atom is 0.242 e. The molecule has 1 amide bonds. The first kappa shape index (κ1) is 13.5. The van der Waals surface area contributed by atoms with Gasteiger partial charge in [0.05, 0.1) is 0 Å². The average Bonchev–Trinajstić information content (AvgIpc) is 2.82. The molecule has 1 unspecified atom stereocenters. The number of rotatable bonds is 2. The van der Waals surface area contributed by atoms with Gasteiger partial charge in [-0.1, -0.05) is 0 Å². The number of piperidine rings is 1. The molecule has 0 aromatic carbocycles. The maximum atomic E-state index is 12.7. The summed E-state index contributed by atoms with van der Waals surface area (Å²) in [6.45, 7) is 4.55. The van der Waals surface area contributed by atoms with Gasteiger partial charge in [0.15, 0.2) is 0 Å². The van der Waals surface area contributed by atoms with E-state index in [1.165, 1.54) is 0 Å². The minimum Gasteiger partial charge on any atom is -0.344 e. The molecule has 0 bridgehead atoms. The summed E-state index contributed by atoms with van der Waals surface area (Å²) in [5, 5.41) is 0. The van der Waals surface area contributed by atoms with Crippen LogP contribution in [-0.4, -0.2) is 51.4 Å². The molecule has 0 N–H and O–H groups in total. The van der Waals surface area contributed by atoms with E-state index in [0.717, 1.165) is 56.7 Å². The van der Waals surface area contributed by atoms with Crippen LogP contribution in [0.4, 0.5) is 0 Å². The number of aryl methyl sites for hydroxylation is 1. The quantitative estimate of drug-likeness (QED) is 0.817. The Balaban J connectivity index is 1.81. The zero-order valence-corrected chi connectivity index (χ0v) is 12.3. The van der Waals surface area contributed by atoms with E-state index in [0.29, 0.717) is 5.91 Å². The first-order chi connectivity index (χ1) is 9.62. The van der Waals surface area contributed by atoms with Crippen LogP contribution in [0.1, 0.15) is 37.1 Å². The van der Waals surface area contributed by atoms with E-state index < -0.39 is 0 Å². The topological polar surface area (TPSA) is 49.3 Å². The number of hydrogen-bond acceptors (Lipinski definition) is 4. The van der Waals surface area contributed by atoms with Crippen molar-refractivity contribution in [3.63, 3.8) is 0 Å². The third-order valence-corrected chi connectivity index (χ3v) is 4.66. The normalized spacial score (nSPS) is 27.5. The van der Waals surface area contributed by atoms with E-state index in [4.69, 9.17) is 0 Å². The van der Waals surface area contributed by atoms with Gasteiger partial charge in [0.25, 0.3) is 0 Å². The molecule has 3 heterocycles. The molecule has 1 spiro atoms. The molecule has 108 valence electrons. The Kier molecular flexibility index (Phi) is 3.46. The molecule has 2 saturated heterocycles. The third-order valence-electron chi connectivity index (χ3n) is 4.66. The summed E-state index contributed by atoms with van der Waals surface area (Å²) in [6.07, 6.45) is 7.94. The van der Waals surface area contributed by atoms with Crippen LogP contribution in [-0.2, 0) is 11.3 Å². The Hall–Kier alpha value is -1.49. The van der Waals surface area contributed by atoms with Crippen LogP contribution in [0.3, 0.4) is 0 Å². The second-order valence-electron chi connectivity index (χ2n) is 6.03. The van der Waals surface area contributed by atoms with Crippen LogP contribution >= 0.6 is 0 Å². The van der Waals surface area contributed by atoms with E-state index >= 15 is 0 Å². The van der Waals surface area contributed by atoms with Crippen LogP contribution in [0.25, 0.3) is 0 Å². The largest absolute Gasteiger partial charge is 0.344 e. The predicted molar refractivity (Wildman–Crippen MR) is 76.0 cm³/mol. The lowest BCUT2D eigenvalue weighted by Crippen LogP contribution is -2.58. The summed E-state index contributed by atoms with van der Waals surface area (Å²) in [5.41, 5.74) is 0.829. The highest BCUT2D eigenvalue weighted by atomic mass is 16.2. The molecular weight excluding hydrogens is 252 g/mol. The zero-order valence-electron chi connectivity index (χ0n) is 12.3. The molecule has 2 aliphatic rings. The van der Waals surface area contributed by atoms with E-state index in [-0.39, 0.29) is 5.54 Å². The molecule has 1 aromatic heterocycles. The lowest BCUT2D eigenvalue weighted by molar-refractivity contribution is -0.146. The highest BCUT2D eigenvalue weighted by Gasteiger charge is 2.49. The fraction of sp³-hybridized carbons (Fsp3) is 0.667. The van der Waals surface area contributed by atoms with Crippen molar-refractivity contribution < 1.29 is 4.79 Å². The Morgan fingerprint density at radius 2 is 1.85 bits per heavy atom. The van der Waals surface area contributed by atoms with Crippen LogP contribution in [0.5, 0.6) is 0 Å². The van der Waals surface area contributed by atoms with Crippen molar-refractivity contribution in [3.8, 4) is 0 Å². The van der Waals surface area contributed by atoms with Crippen LogP contribution in [0.2, 0.25) is 0 Å². The lowest BCUT2D eigenvalue weighted by atomic mass is 9.85. The molecule has 1 aromatic rings. The first-order valence-corrected chi connectivity index (χ1v) is 7.40. The molecule has 1 atom stereocenters. The number of hydrogen-bond donors (Lipinski definition) is 0. The Labute approximate surface area is 120 Å². The van der Waals surface area contributed by atoms with Crippen LogP contribution in [0.15, 0.2) is 12.4 Å². The zero-order chi connectivity index (χ0) is 14.2. The van der Waals surface area contributed by atoms with Gasteiger partial charge >= 0.3 is 0 Å². The van der Waals surface area contributed by atoms with Crippen molar-refractivity contribution in [2.75, 3.05) is 20.1 Å². The van der Waals surface area contributed by atoms with Gasteiger partial charge < -0.3 is 4.90 Å². The monoisotopic (exact) mass is 274 g/mol. The Morgan fingerprint density at radius 1 is 1.20 bits per heavy atom. The van der Waals surface area contributed by atoms with Crippen molar-refractivity contribution in [2.45, 2.75) is 44.7 Å². The summed E-state index contributed by atoms with van der Waals surface area (Å²) in [5.74, 6) is 1.09. The number of amides is 1. The molecule has 5 heteroatoms. The number of nitrogens with zero attached hydrogens (tertiary/aromatic N) is 4. The molecule has 2 aliphatic heterocycles. The molecule has 0 radical (unpaired) electrons. The lowest BCUT2D eigenvalue weighted by Gasteiger charge is -2.43. The fourth-order valence-corrected chi connectivity index (χ4v) is 3.58. The minimum absolute atomic E-state index is 0.266. The standard InChI is InChI=1S/C15H22N4O/c1-12-16-9-13(10-17-12)11-19-8-4-6-15(19)5-3-7-18(2)14(15)20/h9-10H,3-8,11H2,1-2H3. The van der Waals surface area contributed by atoms with Crippen LogP contribution < -0.4 is 0 Å². The number of likely N-dealkylation sites (tertiary alicyclic amines) is 2. The van der Waals surface area contributed by atoms with Gasteiger partial charge in [-0.3, -0.25) is 9.69 Å². The van der Waals surface area contributed by atoms with Gasteiger partial charge in [-0.05, 0) is 39.2 Å². The Morgan fingerprint density at radius 3 is 2.55 bits per heavy atom. The smallest absolute Gasteiger partial charge is 0.242 e. The minimum atomic E-state index is -0.266. The average molecular weight is 274 g/mol. The maximum absolute atomic E-state index is 12.7. The van der Waals surface area contributed by atoms with Gasteiger partial charge in [0.1, 0.15) is 11.4 Å². The van der Waals surface area contributed by atoms with E-state index in [9.17, 15) is 4.79 Å². The summed E-state index contributed by atoms with van der Waals surface area (Å²) < 4.78 is 0. The fourth-order valence-electron chi connectivity index (χ4n) is 3.58. The molecular formula is C15H22N4O. The van der Waals surface area contributed by atoms with Crippen molar-refractivity contribution in [3.05, 3.63) is 23.8 Å². The van der Waals surface area contributed by atoms with E-state index in [1.54, 1.807) is 0 Å². The summed E-state index contributed by atoms with van der Waals surface area (Å²) >= 11 is 0. The van der Waals surface area contributed by atoms with Gasteiger partial charge in [0, 0.05) is 38.1 Å². The molecule has 20 heavy (non-hydrogen) atoms. The van der Waals surface area contributed by atoms with E-state index in [1.807, 2.05) is 31.3 Å². The summed E-state index contributed by atoms with van der Waals surface area (Å²) in [7, 11) is 1.93. The van der Waals surface area contributed by atoms with Gasteiger partial charge in [0.2, 0.25) is 5.91 Å². The predicted octanol–water partition coefficient (Wildman–Crippen LogP) is 1.37. The van der Waals surface area contributed by atoms with Crippen molar-refractivity contribution >= 4 is 5.91 Å². The van der Waals surface area contributed by atoms with Crippen LogP contribution in [0, 0.1) is 6.92 Å². The van der Waals surface area contributed by atoms with Crippen molar-refractivity contribution in [1.29, 1.82) is 0 Å². The number of carbonyl (C=O) groups excluding carboxylic acids is 1. The summed E-state index contributed by atoms with van der Waals surface area (Å²) in [4.78, 5) is 25.4. The summed E-state index contributed by atoms with van der Waals surface area (Å²) in [6, 6.07) is 0. The SMILES string of the molecule is Cc1ncc(CN2CCCC23CCCN(C)C3=O)cn1. The number of likely N-dealkylation sites (N-methyl/N-ethyl adjacent to an activating group) is 1. The van der Waals surface area contributed by atoms with Gasteiger partial charge in [-0.2, -0.15) is 0 Å². The molecule has 0 saturated carbocycles. The van der Waals surface area contributed by atoms with Crippen molar-refractivity contribution in [1.82, 2.24) is 19.8 Å². The van der Waals surface area contributed by atoms with Gasteiger partial charge in [-0.25, -0.2) is 9.97 Å².